The van der Waals surface area contributed by atoms with Gasteiger partial charge in [0.25, 0.3) is 5.91 Å². The lowest BCUT2D eigenvalue weighted by Gasteiger charge is -2.22. The summed E-state index contributed by atoms with van der Waals surface area (Å²) in [7, 11) is 0. The van der Waals surface area contributed by atoms with Crippen LogP contribution in [0.3, 0.4) is 0 Å². The molecule has 134 valence electrons. The quantitative estimate of drug-likeness (QED) is 0.862. The monoisotopic (exact) mass is 360 g/mol. The molecule has 2 aromatic heterocycles. The number of carbonyl (C=O) groups excluding carboxylic acids is 2. The number of nitrogens with one attached hydrogen (secondary N) is 2. The third kappa shape index (κ3) is 3.38. The van der Waals surface area contributed by atoms with Crippen molar-refractivity contribution in [2.45, 2.75) is 58.9 Å². The second-order valence-electron chi connectivity index (χ2n) is 7.58. The zero-order valence-electron chi connectivity index (χ0n) is 15.3. The van der Waals surface area contributed by atoms with Gasteiger partial charge in [0.2, 0.25) is 5.91 Å². The maximum Gasteiger partial charge on any atom is 0.262 e. The first-order valence-electron chi connectivity index (χ1n) is 8.55. The molecule has 0 aliphatic carbocycles. The fraction of sp³-hybridized carbons (Fsp3) is 0.556. The Labute approximate surface area is 151 Å². The van der Waals surface area contributed by atoms with E-state index in [1.165, 1.54) is 11.3 Å². The molecule has 1 fully saturated rings. The molecule has 6 nitrogen and oxygen atoms in total. The second kappa shape index (κ2) is 6.37. The van der Waals surface area contributed by atoms with E-state index >= 15 is 0 Å². The first-order valence-corrected chi connectivity index (χ1v) is 9.37. The summed E-state index contributed by atoms with van der Waals surface area (Å²) in [5.41, 5.74) is 1.62. The third-order valence-electron chi connectivity index (χ3n) is 4.44. The normalized spacial score (nSPS) is 18.3. The first-order chi connectivity index (χ1) is 11.7. The van der Waals surface area contributed by atoms with E-state index in [-0.39, 0.29) is 17.2 Å². The van der Waals surface area contributed by atoms with Crippen molar-refractivity contribution in [1.82, 2.24) is 20.6 Å². The lowest BCUT2D eigenvalue weighted by Crippen LogP contribution is -2.50. The van der Waals surface area contributed by atoms with Crippen LogP contribution in [-0.4, -0.2) is 34.4 Å². The zero-order valence-corrected chi connectivity index (χ0v) is 16.1. The fourth-order valence-electron chi connectivity index (χ4n) is 3.02. The van der Waals surface area contributed by atoms with E-state index < -0.39 is 6.04 Å². The van der Waals surface area contributed by atoms with E-state index in [0.29, 0.717) is 17.8 Å². The van der Waals surface area contributed by atoms with Crippen LogP contribution in [0.1, 0.15) is 60.4 Å². The predicted octanol–water partition coefficient (Wildman–Crippen LogP) is 2.61. The Morgan fingerprint density at radius 1 is 1.28 bits per heavy atom. The number of piperidine rings is 1. The van der Waals surface area contributed by atoms with Gasteiger partial charge in [0.15, 0.2) is 0 Å². The number of rotatable bonds is 2. The van der Waals surface area contributed by atoms with E-state index in [2.05, 4.69) is 41.4 Å². The van der Waals surface area contributed by atoms with Crippen LogP contribution in [0.5, 0.6) is 0 Å². The van der Waals surface area contributed by atoms with Gasteiger partial charge in [-0.1, -0.05) is 20.8 Å². The number of fused-ring (bicyclic) bond motifs is 1. The smallest absolute Gasteiger partial charge is 0.262 e. The molecule has 0 bridgehead atoms. The summed E-state index contributed by atoms with van der Waals surface area (Å²) in [5.74, 6) is 0.459. The molecule has 2 amide bonds. The van der Waals surface area contributed by atoms with Crippen molar-refractivity contribution in [2.24, 2.45) is 0 Å². The minimum atomic E-state index is -0.455. The van der Waals surface area contributed by atoms with E-state index in [4.69, 9.17) is 0 Å². The van der Waals surface area contributed by atoms with Crippen molar-refractivity contribution < 1.29 is 9.59 Å². The number of aromatic nitrogens is 2. The minimum Gasteiger partial charge on any atom is -0.354 e. The number of hydrogen-bond acceptors (Lipinski definition) is 5. The van der Waals surface area contributed by atoms with Crippen LogP contribution in [0.2, 0.25) is 0 Å². The SMILES string of the molecule is Cc1nc(C(C)(C)C)nc2sc(C(=O)N[C@H]3CCCNC3=O)c(C)c12. The Morgan fingerprint density at radius 2 is 2.00 bits per heavy atom. The van der Waals surface area contributed by atoms with Crippen LogP contribution < -0.4 is 10.6 Å². The highest BCUT2D eigenvalue weighted by Crippen LogP contribution is 2.33. The largest absolute Gasteiger partial charge is 0.354 e. The molecule has 1 aliphatic heterocycles. The average Bonchev–Trinajstić information content (AvgIpc) is 2.86. The highest BCUT2D eigenvalue weighted by Gasteiger charge is 2.27. The lowest BCUT2D eigenvalue weighted by molar-refractivity contribution is -0.124. The van der Waals surface area contributed by atoms with Crippen molar-refractivity contribution in [3.63, 3.8) is 0 Å². The molecule has 2 N–H and O–H groups in total. The van der Waals surface area contributed by atoms with Gasteiger partial charge in [0.05, 0.1) is 10.6 Å². The van der Waals surface area contributed by atoms with Crippen molar-refractivity contribution in [3.8, 4) is 0 Å². The van der Waals surface area contributed by atoms with Gasteiger partial charge in [-0.15, -0.1) is 11.3 Å². The van der Waals surface area contributed by atoms with Gasteiger partial charge in [0.1, 0.15) is 16.7 Å². The van der Waals surface area contributed by atoms with Crippen molar-refractivity contribution >= 4 is 33.4 Å². The number of nitrogens with zero attached hydrogens (tertiary/aromatic N) is 2. The first kappa shape index (κ1) is 17.8. The number of aryl methyl sites for hydroxylation is 2. The van der Waals surface area contributed by atoms with Crippen LogP contribution in [0.4, 0.5) is 0 Å². The molecular weight excluding hydrogens is 336 g/mol. The standard InChI is InChI=1S/C18H24N4O2S/c1-9-12-10(2)20-17(18(3,4)5)22-16(12)25-13(9)15(24)21-11-7-6-8-19-14(11)23/h11H,6-8H2,1-5H3,(H,19,23)(H,21,24)/t11-/m0/s1. The number of amides is 2. The summed E-state index contributed by atoms with van der Waals surface area (Å²) in [6, 6.07) is -0.455. The summed E-state index contributed by atoms with van der Waals surface area (Å²) in [6.45, 7) is 10.8. The Hall–Kier alpha value is -2.02. The van der Waals surface area contributed by atoms with Crippen LogP contribution in [0.15, 0.2) is 0 Å². The Bertz CT molecular complexity index is 851. The van der Waals surface area contributed by atoms with Gasteiger partial charge in [0, 0.05) is 17.3 Å². The van der Waals surface area contributed by atoms with Crippen LogP contribution in [0.25, 0.3) is 10.2 Å². The molecule has 1 aliphatic rings. The van der Waals surface area contributed by atoms with Gasteiger partial charge < -0.3 is 10.6 Å². The molecule has 0 aromatic carbocycles. The van der Waals surface area contributed by atoms with E-state index in [9.17, 15) is 9.59 Å². The zero-order chi connectivity index (χ0) is 18.4. The van der Waals surface area contributed by atoms with Crippen LogP contribution in [-0.2, 0) is 10.2 Å². The minimum absolute atomic E-state index is 0.107. The van der Waals surface area contributed by atoms with Gasteiger partial charge in [-0.05, 0) is 32.3 Å². The molecule has 7 heteroatoms. The van der Waals surface area contributed by atoms with Gasteiger partial charge >= 0.3 is 0 Å². The highest BCUT2D eigenvalue weighted by molar-refractivity contribution is 7.20. The fourth-order valence-corrected chi connectivity index (χ4v) is 4.16. The molecule has 0 unspecified atom stereocenters. The molecule has 2 aromatic rings. The van der Waals surface area contributed by atoms with Crippen molar-refractivity contribution in [3.05, 3.63) is 22.0 Å². The summed E-state index contributed by atoms with van der Waals surface area (Å²) in [6.07, 6.45) is 1.55. The summed E-state index contributed by atoms with van der Waals surface area (Å²) >= 11 is 1.37. The van der Waals surface area contributed by atoms with E-state index in [1.54, 1.807) is 0 Å². The number of hydrogen-bond donors (Lipinski definition) is 2. The molecule has 3 rings (SSSR count). The molecule has 0 spiro atoms. The molecule has 0 radical (unpaired) electrons. The third-order valence-corrected chi connectivity index (χ3v) is 5.62. The summed E-state index contributed by atoms with van der Waals surface area (Å²) in [4.78, 5) is 35.3. The topological polar surface area (TPSA) is 84.0 Å². The van der Waals surface area contributed by atoms with Gasteiger partial charge in [-0.25, -0.2) is 9.97 Å². The van der Waals surface area contributed by atoms with Crippen LogP contribution in [0, 0.1) is 13.8 Å². The average molecular weight is 360 g/mol. The maximum atomic E-state index is 12.7. The molecular formula is C18H24N4O2S. The molecule has 3 heterocycles. The lowest BCUT2D eigenvalue weighted by atomic mass is 9.95. The Morgan fingerprint density at radius 3 is 2.64 bits per heavy atom. The molecule has 0 saturated carbocycles. The second-order valence-corrected chi connectivity index (χ2v) is 8.58. The number of carbonyl (C=O) groups is 2. The highest BCUT2D eigenvalue weighted by atomic mass is 32.1. The molecule has 1 saturated heterocycles. The van der Waals surface area contributed by atoms with Crippen molar-refractivity contribution in [1.29, 1.82) is 0 Å². The Balaban J connectivity index is 1.96. The van der Waals surface area contributed by atoms with Crippen LogP contribution >= 0.6 is 11.3 Å². The predicted molar refractivity (Wildman–Crippen MR) is 99.1 cm³/mol. The van der Waals surface area contributed by atoms with Gasteiger partial charge in [-0.3, -0.25) is 9.59 Å². The van der Waals surface area contributed by atoms with E-state index in [1.807, 2.05) is 13.8 Å². The number of thiophene rings is 1. The maximum absolute atomic E-state index is 12.7. The molecule has 1 atom stereocenters. The summed E-state index contributed by atoms with van der Waals surface area (Å²) in [5, 5.41) is 6.59. The van der Waals surface area contributed by atoms with Crippen molar-refractivity contribution in [2.75, 3.05) is 6.54 Å². The van der Waals surface area contributed by atoms with Gasteiger partial charge in [-0.2, -0.15) is 0 Å². The molecule has 25 heavy (non-hydrogen) atoms. The van der Waals surface area contributed by atoms with E-state index in [0.717, 1.165) is 33.7 Å². The Kier molecular flexibility index (Phi) is 4.53. The summed E-state index contributed by atoms with van der Waals surface area (Å²) < 4.78 is 0.